The van der Waals surface area contributed by atoms with Crippen molar-refractivity contribution in [3.05, 3.63) is 53.6 Å². The minimum atomic E-state index is -0.695. The van der Waals surface area contributed by atoms with Crippen LogP contribution in [0.25, 0.3) is 0 Å². The molecular weight excluding hydrogens is 328 g/mol. The number of aryl methyl sites for hydroxylation is 2. The number of rotatable bonds is 1. The summed E-state index contributed by atoms with van der Waals surface area (Å²) >= 11 is 0. The van der Waals surface area contributed by atoms with E-state index in [0.29, 0.717) is 12.3 Å². The van der Waals surface area contributed by atoms with Crippen LogP contribution in [0.2, 0.25) is 0 Å². The maximum absolute atomic E-state index is 13.3. The standard InChI is InChI=1S/C21H22N2O3/c1-14-7-5-8-16-9-6-12-22(20(14)16)21(25)19-13-23(15(2)24)17-10-3-4-11-18(17)26-19/h3-5,7-8,10-11,19H,6,9,12-13H2,1-2H3. The maximum Gasteiger partial charge on any atom is 0.269 e. The summed E-state index contributed by atoms with van der Waals surface area (Å²) in [6, 6.07) is 13.5. The molecule has 0 aromatic heterocycles. The Morgan fingerprint density at radius 1 is 1.08 bits per heavy atom. The van der Waals surface area contributed by atoms with E-state index in [1.54, 1.807) is 11.0 Å². The molecule has 2 aliphatic heterocycles. The summed E-state index contributed by atoms with van der Waals surface area (Å²) in [4.78, 5) is 28.9. The van der Waals surface area contributed by atoms with Crippen LogP contribution in [-0.4, -0.2) is 31.0 Å². The molecule has 2 aromatic carbocycles. The Labute approximate surface area is 153 Å². The van der Waals surface area contributed by atoms with Gasteiger partial charge in [-0.25, -0.2) is 0 Å². The average molecular weight is 350 g/mol. The van der Waals surface area contributed by atoms with Crippen LogP contribution >= 0.6 is 0 Å². The van der Waals surface area contributed by atoms with Crippen molar-refractivity contribution >= 4 is 23.2 Å². The zero-order valence-corrected chi connectivity index (χ0v) is 15.1. The quantitative estimate of drug-likeness (QED) is 0.794. The fraction of sp³-hybridized carbons (Fsp3) is 0.333. The van der Waals surface area contributed by atoms with Crippen molar-refractivity contribution in [2.45, 2.75) is 32.8 Å². The highest BCUT2D eigenvalue weighted by molar-refractivity contribution is 6.01. The number of amides is 2. The van der Waals surface area contributed by atoms with E-state index in [1.165, 1.54) is 12.5 Å². The lowest BCUT2D eigenvalue weighted by atomic mass is 9.97. The molecule has 0 saturated heterocycles. The largest absolute Gasteiger partial charge is 0.476 e. The van der Waals surface area contributed by atoms with Crippen LogP contribution in [0.4, 0.5) is 11.4 Å². The number of anilines is 2. The van der Waals surface area contributed by atoms with E-state index >= 15 is 0 Å². The van der Waals surface area contributed by atoms with Crippen molar-refractivity contribution < 1.29 is 14.3 Å². The van der Waals surface area contributed by atoms with Gasteiger partial charge in [0.05, 0.1) is 12.2 Å². The third-order valence-electron chi connectivity index (χ3n) is 5.11. The molecule has 2 aliphatic rings. The first-order valence-corrected chi connectivity index (χ1v) is 9.00. The zero-order valence-electron chi connectivity index (χ0n) is 15.1. The lowest BCUT2D eigenvalue weighted by molar-refractivity contribution is -0.125. The maximum atomic E-state index is 13.3. The first-order valence-electron chi connectivity index (χ1n) is 9.00. The van der Waals surface area contributed by atoms with E-state index in [2.05, 4.69) is 6.07 Å². The molecule has 0 N–H and O–H groups in total. The highest BCUT2D eigenvalue weighted by atomic mass is 16.5. The first-order chi connectivity index (χ1) is 12.6. The van der Waals surface area contributed by atoms with Crippen molar-refractivity contribution in [3.8, 4) is 5.75 Å². The Balaban J connectivity index is 1.68. The Hall–Kier alpha value is -2.82. The van der Waals surface area contributed by atoms with E-state index in [1.807, 2.05) is 42.2 Å². The van der Waals surface area contributed by atoms with E-state index in [-0.39, 0.29) is 18.4 Å². The molecule has 2 heterocycles. The Bertz CT molecular complexity index is 877. The summed E-state index contributed by atoms with van der Waals surface area (Å²) in [7, 11) is 0. The molecule has 0 spiro atoms. The van der Waals surface area contributed by atoms with E-state index < -0.39 is 6.10 Å². The average Bonchev–Trinajstić information content (AvgIpc) is 2.66. The van der Waals surface area contributed by atoms with Gasteiger partial charge in [0.15, 0.2) is 6.10 Å². The van der Waals surface area contributed by atoms with Crippen LogP contribution in [-0.2, 0) is 16.0 Å². The molecule has 0 saturated carbocycles. The van der Waals surface area contributed by atoms with Gasteiger partial charge in [-0.2, -0.15) is 0 Å². The number of nitrogens with zero attached hydrogens (tertiary/aromatic N) is 2. The highest BCUT2D eigenvalue weighted by Gasteiger charge is 2.37. The predicted octanol–water partition coefficient (Wildman–Crippen LogP) is 3.09. The van der Waals surface area contributed by atoms with Crippen LogP contribution in [0, 0.1) is 6.92 Å². The number of carbonyl (C=O) groups is 2. The summed E-state index contributed by atoms with van der Waals surface area (Å²) in [5.41, 5.74) is 4.01. The van der Waals surface area contributed by atoms with Gasteiger partial charge in [0.2, 0.25) is 5.91 Å². The van der Waals surface area contributed by atoms with Crippen LogP contribution in [0.5, 0.6) is 5.75 Å². The molecular formula is C21H22N2O3. The molecule has 0 fully saturated rings. The van der Waals surface area contributed by atoms with Crippen molar-refractivity contribution in [1.82, 2.24) is 0 Å². The third-order valence-corrected chi connectivity index (χ3v) is 5.11. The molecule has 0 radical (unpaired) electrons. The number of hydrogen-bond donors (Lipinski definition) is 0. The molecule has 26 heavy (non-hydrogen) atoms. The van der Waals surface area contributed by atoms with Crippen molar-refractivity contribution in [3.63, 3.8) is 0 Å². The molecule has 0 bridgehead atoms. The SMILES string of the molecule is CC(=O)N1CC(C(=O)N2CCCc3cccc(C)c32)Oc2ccccc21. The molecule has 5 nitrogen and oxygen atoms in total. The van der Waals surface area contributed by atoms with E-state index in [4.69, 9.17) is 4.74 Å². The molecule has 2 aromatic rings. The van der Waals surface area contributed by atoms with Crippen molar-refractivity contribution in [1.29, 1.82) is 0 Å². The molecule has 1 atom stereocenters. The van der Waals surface area contributed by atoms with Crippen LogP contribution in [0.3, 0.4) is 0 Å². The van der Waals surface area contributed by atoms with Crippen LogP contribution < -0.4 is 14.5 Å². The topological polar surface area (TPSA) is 49.9 Å². The summed E-state index contributed by atoms with van der Waals surface area (Å²) in [6.07, 6.45) is 1.22. The van der Waals surface area contributed by atoms with Gasteiger partial charge >= 0.3 is 0 Å². The number of hydrogen-bond acceptors (Lipinski definition) is 3. The van der Waals surface area contributed by atoms with Crippen LogP contribution in [0.15, 0.2) is 42.5 Å². The second-order valence-corrected chi connectivity index (χ2v) is 6.88. The number of carbonyl (C=O) groups excluding carboxylic acids is 2. The smallest absolute Gasteiger partial charge is 0.269 e. The number of ether oxygens (including phenoxy) is 1. The number of benzene rings is 2. The predicted molar refractivity (Wildman–Crippen MR) is 101 cm³/mol. The monoisotopic (exact) mass is 350 g/mol. The first kappa shape index (κ1) is 16.6. The number of fused-ring (bicyclic) bond motifs is 2. The molecule has 5 heteroatoms. The van der Waals surface area contributed by atoms with Gasteiger partial charge in [0.25, 0.3) is 5.91 Å². The van der Waals surface area contributed by atoms with Gasteiger partial charge in [-0.3, -0.25) is 9.59 Å². The van der Waals surface area contributed by atoms with E-state index in [9.17, 15) is 9.59 Å². The van der Waals surface area contributed by atoms with E-state index in [0.717, 1.165) is 29.8 Å². The Morgan fingerprint density at radius 2 is 1.88 bits per heavy atom. The van der Waals surface area contributed by atoms with Gasteiger partial charge < -0.3 is 14.5 Å². The molecule has 0 aliphatic carbocycles. The van der Waals surface area contributed by atoms with Crippen LogP contribution in [0.1, 0.15) is 24.5 Å². The fourth-order valence-corrected chi connectivity index (χ4v) is 3.90. The summed E-state index contributed by atoms with van der Waals surface area (Å²) in [5, 5.41) is 0. The van der Waals surface area contributed by atoms with Gasteiger partial charge in [-0.15, -0.1) is 0 Å². The lowest BCUT2D eigenvalue weighted by Crippen LogP contribution is -2.52. The van der Waals surface area contributed by atoms with Gasteiger partial charge in [-0.1, -0.05) is 30.3 Å². The lowest BCUT2D eigenvalue weighted by Gasteiger charge is -2.38. The van der Waals surface area contributed by atoms with Crippen molar-refractivity contribution in [2.24, 2.45) is 0 Å². The Morgan fingerprint density at radius 3 is 2.69 bits per heavy atom. The summed E-state index contributed by atoms with van der Waals surface area (Å²) < 4.78 is 6.00. The van der Waals surface area contributed by atoms with Gasteiger partial charge in [-0.05, 0) is 43.0 Å². The molecule has 1 unspecified atom stereocenters. The van der Waals surface area contributed by atoms with Gasteiger partial charge in [0, 0.05) is 19.2 Å². The highest BCUT2D eigenvalue weighted by Crippen LogP contribution is 2.36. The third kappa shape index (κ3) is 2.73. The molecule has 4 rings (SSSR count). The van der Waals surface area contributed by atoms with Crippen molar-refractivity contribution in [2.75, 3.05) is 22.9 Å². The molecule has 2 amide bonds. The minimum Gasteiger partial charge on any atom is -0.476 e. The second kappa shape index (κ2) is 6.48. The fourth-order valence-electron chi connectivity index (χ4n) is 3.90. The Kier molecular flexibility index (Phi) is 4.15. The summed E-state index contributed by atoms with van der Waals surface area (Å²) in [6.45, 7) is 4.47. The summed E-state index contributed by atoms with van der Waals surface area (Å²) in [5.74, 6) is 0.407. The van der Waals surface area contributed by atoms with Gasteiger partial charge in [0.1, 0.15) is 5.75 Å². The molecule has 134 valence electrons. The number of para-hydroxylation sites is 3. The minimum absolute atomic E-state index is 0.0824. The normalized spacial score (nSPS) is 18.6. The zero-order chi connectivity index (χ0) is 18.3. The second-order valence-electron chi connectivity index (χ2n) is 6.88.